The quantitative estimate of drug-likeness (QED) is 0.331. The topological polar surface area (TPSA) is 53.6 Å². The molecule has 2 fully saturated rings. The number of benzene rings is 3. The van der Waals surface area contributed by atoms with E-state index >= 15 is 0 Å². The van der Waals surface area contributed by atoms with Gasteiger partial charge in [0.1, 0.15) is 11.6 Å². The van der Waals surface area contributed by atoms with Crippen molar-refractivity contribution in [3.05, 3.63) is 112 Å². The second kappa shape index (κ2) is 12.0. The fraction of sp³-hybridized carbons (Fsp3) is 0.417. The number of rotatable bonds is 10. The van der Waals surface area contributed by atoms with E-state index in [9.17, 15) is 9.18 Å². The van der Waals surface area contributed by atoms with Gasteiger partial charge in [-0.1, -0.05) is 48.5 Å². The molecule has 2 N–H and O–H groups in total. The number of amides is 1. The first-order valence-corrected chi connectivity index (χ1v) is 15.4. The van der Waals surface area contributed by atoms with Gasteiger partial charge < -0.3 is 15.0 Å². The first-order valence-electron chi connectivity index (χ1n) is 15.4. The predicted octanol–water partition coefficient (Wildman–Crippen LogP) is 5.69. The molecule has 220 valence electrons. The number of ether oxygens (including phenoxy) is 1. The lowest BCUT2D eigenvalue weighted by atomic mass is 9.78. The molecular formula is C36H42FN3O2. The smallest absolute Gasteiger partial charge is 0.251 e. The number of fused-ring (bicyclic) bond motifs is 2. The summed E-state index contributed by atoms with van der Waals surface area (Å²) in [4.78, 5) is 15.9. The summed E-state index contributed by atoms with van der Waals surface area (Å²) in [6.45, 7) is 9.22. The van der Waals surface area contributed by atoms with Gasteiger partial charge in [-0.25, -0.2) is 4.39 Å². The van der Waals surface area contributed by atoms with Crippen LogP contribution in [0.15, 0.2) is 72.3 Å². The van der Waals surface area contributed by atoms with Gasteiger partial charge in [0, 0.05) is 37.7 Å². The molecule has 0 spiro atoms. The van der Waals surface area contributed by atoms with Crippen molar-refractivity contribution in [1.82, 2.24) is 15.5 Å². The lowest BCUT2D eigenvalue weighted by molar-refractivity contribution is -0.128. The van der Waals surface area contributed by atoms with Crippen LogP contribution in [0.4, 0.5) is 4.39 Å². The Morgan fingerprint density at radius 2 is 1.71 bits per heavy atom. The lowest BCUT2D eigenvalue weighted by Crippen LogP contribution is -2.65. The summed E-state index contributed by atoms with van der Waals surface area (Å²) in [6.07, 6.45) is 6.65. The van der Waals surface area contributed by atoms with Gasteiger partial charge >= 0.3 is 0 Å². The largest absolute Gasteiger partial charge is 0.493 e. The number of carbonyl (C=O) groups excluding carboxylic acids is 1. The van der Waals surface area contributed by atoms with Gasteiger partial charge in [0.15, 0.2) is 0 Å². The molecular weight excluding hydrogens is 525 g/mol. The van der Waals surface area contributed by atoms with Crippen molar-refractivity contribution >= 4 is 5.91 Å². The number of aryl methyl sites for hydroxylation is 2. The maximum atomic E-state index is 13.8. The minimum absolute atomic E-state index is 0.0267. The molecule has 1 saturated heterocycles. The van der Waals surface area contributed by atoms with Crippen LogP contribution in [0.3, 0.4) is 0 Å². The molecule has 0 aromatic heterocycles. The fourth-order valence-corrected chi connectivity index (χ4v) is 6.47. The van der Waals surface area contributed by atoms with Crippen molar-refractivity contribution in [2.24, 2.45) is 0 Å². The van der Waals surface area contributed by atoms with E-state index in [4.69, 9.17) is 4.74 Å². The third kappa shape index (κ3) is 6.16. The van der Waals surface area contributed by atoms with Crippen LogP contribution in [0.1, 0.15) is 52.6 Å². The molecule has 1 aliphatic carbocycles. The van der Waals surface area contributed by atoms with E-state index in [0.717, 1.165) is 62.1 Å². The van der Waals surface area contributed by atoms with Crippen LogP contribution in [0.25, 0.3) is 0 Å². The first-order chi connectivity index (χ1) is 20.3. The van der Waals surface area contributed by atoms with Crippen molar-refractivity contribution < 1.29 is 13.9 Å². The van der Waals surface area contributed by atoms with Gasteiger partial charge in [0.2, 0.25) is 0 Å². The van der Waals surface area contributed by atoms with Crippen molar-refractivity contribution in [3.63, 3.8) is 0 Å². The van der Waals surface area contributed by atoms with Crippen molar-refractivity contribution in [2.75, 3.05) is 26.2 Å². The van der Waals surface area contributed by atoms with Crippen LogP contribution in [-0.4, -0.2) is 49.1 Å². The van der Waals surface area contributed by atoms with E-state index in [1.54, 1.807) is 0 Å². The molecule has 2 heterocycles. The van der Waals surface area contributed by atoms with Crippen LogP contribution in [0.2, 0.25) is 0 Å². The van der Waals surface area contributed by atoms with Crippen LogP contribution in [0.5, 0.6) is 5.75 Å². The van der Waals surface area contributed by atoms with Gasteiger partial charge in [-0.05, 0) is 98.0 Å². The predicted molar refractivity (Wildman–Crippen MR) is 165 cm³/mol. The first kappa shape index (κ1) is 28.6. The second-order valence-electron chi connectivity index (χ2n) is 12.4. The summed E-state index contributed by atoms with van der Waals surface area (Å²) in [5.74, 6) is 0.887. The second-order valence-corrected chi connectivity index (χ2v) is 12.4. The monoisotopic (exact) mass is 567 g/mol. The number of nitrogens with one attached hydrogen (secondary N) is 2. The molecule has 42 heavy (non-hydrogen) atoms. The summed E-state index contributed by atoms with van der Waals surface area (Å²) >= 11 is 0. The molecule has 1 saturated carbocycles. The van der Waals surface area contributed by atoms with Gasteiger partial charge in [-0.2, -0.15) is 0 Å². The molecule has 1 amide bonds. The van der Waals surface area contributed by atoms with Crippen LogP contribution in [-0.2, 0) is 23.2 Å². The van der Waals surface area contributed by atoms with E-state index in [-0.39, 0.29) is 23.3 Å². The minimum Gasteiger partial charge on any atom is -0.493 e. The van der Waals surface area contributed by atoms with E-state index < -0.39 is 0 Å². The Kier molecular flexibility index (Phi) is 8.19. The maximum absolute atomic E-state index is 13.8. The molecule has 0 radical (unpaired) electrons. The van der Waals surface area contributed by atoms with Gasteiger partial charge in [0.25, 0.3) is 5.91 Å². The highest BCUT2D eigenvalue weighted by atomic mass is 19.1. The molecule has 2 atom stereocenters. The summed E-state index contributed by atoms with van der Waals surface area (Å²) in [5.41, 5.74) is 7.89. The summed E-state index contributed by atoms with van der Waals surface area (Å²) in [7, 11) is 0. The average molecular weight is 568 g/mol. The van der Waals surface area contributed by atoms with E-state index in [1.807, 2.05) is 12.1 Å². The lowest BCUT2D eigenvalue weighted by Gasteiger charge is -2.47. The third-order valence-electron chi connectivity index (χ3n) is 9.24. The summed E-state index contributed by atoms with van der Waals surface area (Å²) in [5, 5.41) is 7.47. The highest BCUT2D eigenvalue weighted by Crippen LogP contribution is 2.36. The standard InChI is InChI=1S/C36H42FN3O2/c1-24-20-25(2)26(3)34(21-24)42-19-16-28-4-8-29(9-5-28)36-17-14-32(33(39-36)22-38-23-36)35(41)40(31-12-13-31)18-15-27-6-10-30(37)11-7-27/h4-11,14,20-21,31,33,38-39H,12-13,15-19,22-23H2,1-3H3. The zero-order valence-corrected chi connectivity index (χ0v) is 25.0. The third-order valence-corrected chi connectivity index (χ3v) is 9.24. The zero-order valence-electron chi connectivity index (χ0n) is 25.0. The van der Waals surface area contributed by atoms with Gasteiger partial charge in [0.05, 0.1) is 18.2 Å². The average Bonchev–Trinajstić information content (AvgIpc) is 3.82. The molecule has 5 nitrogen and oxygen atoms in total. The molecule has 3 aromatic rings. The molecule has 6 rings (SSSR count). The number of piperazine rings is 1. The Bertz CT molecular complexity index is 1460. The van der Waals surface area contributed by atoms with Gasteiger partial charge in [-0.15, -0.1) is 0 Å². The minimum atomic E-state index is -0.229. The Hall–Kier alpha value is -3.48. The Morgan fingerprint density at radius 3 is 2.45 bits per heavy atom. The highest BCUT2D eigenvalue weighted by Gasteiger charge is 2.44. The van der Waals surface area contributed by atoms with Crippen molar-refractivity contribution in [2.45, 2.75) is 70.5 Å². The van der Waals surface area contributed by atoms with Crippen molar-refractivity contribution in [1.29, 1.82) is 0 Å². The number of carbonyl (C=O) groups is 1. The Balaban J connectivity index is 1.10. The van der Waals surface area contributed by atoms with E-state index in [2.05, 4.69) is 78.8 Å². The van der Waals surface area contributed by atoms with Crippen molar-refractivity contribution in [3.8, 4) is 5.75 Å². The summed E-state index contributed by atoms with van der Waals surface area (Å²) in [6, 6.07) is 20.1. The number of hydrogen-bond acceptors (Lipinski definition) is 4. The van der Waals surface area contributed by atoms with E-state index in [0.29, 0.717) is 19.2 Å². The normalized spacial score (nSPS) is 21.5. The molecule has 2 bridgehead atoms. The maximum Gasteiger partial charge on any atom is 0.251 e. The number of halogens is 1. The highest BCUT2D eigenvalue weighted by molar-refractivity contribution is 5.95. The number of nitrogens with zero attached hydrogens (tertiary/aromatic N) is 1. The molecule has 3 aliphatic rings. The SMILES string of the molecule is Cc1cc(C)c(C)c(OCCc2ccc(C34CC=C(C(=O)N(CCc5ccc(F)cc5)C5CC5)C(CNC3)N4)cc2)c1. The van der Waals surface area contributed by atoms with Crippen LogP contribution in [0, 0.1) is 26.6 Å². The molecule has 2 aliphatic heterocycles. The molecule has 3 aromatic carbocycles. The van der Waals surface area contributed by atoms with Crippen LogP contribution < -0.4 is 15.4 Å². The molecule has 2 unspecified atom stereocenters. The zero-order chi connectivity index (χ0) is 29.3. The number of hydrogen-bond donors (Lipinski definition) is 2. The fourth-order valence-electron chi connectivity index (χ4n) is 6.47. The summed E-state index contributed by atoms with van der Waals surface area (Å²) < 4.78 is 19.5. The molecule has 6 heteroatoms. The van der Waals surface area contributed by atoms with E-state index in [1.165, 1.54) is 39.9 Å². The van der Waals surface area contributed by atoms with Gasteiger partial charge in [-0.3, -0.25) is 10.1 Å². The Morgan fingerprint density at radius 1 is 1.00 bits per heavy atom. The Labute approximate surface area is 249 Å². The van der Waals surface area contributed by atoms with Crippen LogP contribution >= 0.6 is 0 Å².